The third-order valence-corrected chi connectivity index (χ3v) is 5.09. The van der Waals surface area contributed by atoms with Gasteiger partial charge < -0.3 is 9.73 Å². The summed E-state index contributed by atoms with van der Waals surface area (Å²) < 4.78 is 5.20. The minimum atomic E-state index is 0.0274. The summed E-state index contributed by atoms with van der Waals surface area (Å²) in [5.41, 5.74) is 1.02. The lowest BCUT2D eigenvalue weighted by Crippen LogP contribution is -2.22. The van der Waals surface area contributed by atoms with Crippen molar-refractivity contribution in [3.8, 4) is 10.6 Å². The maximum atomic E-state index is 12.0. The number of nitrogens with one attached hydrogen (secondary N) is 1. The quantitative estimate of drug-likeness (QED) is 0.741. The highest BCUT2D eigenvalue weighted by atomic mass is 32.1. The highest BCUT2D eigenvalue weighted by Crippen LogP contribution is 2.31. The SMILES string of the molecule is Cc1nc(-c2cccs2)c(CCC(=O)NCc2ccco2)s1. The molecular formula is C16H16N2O2S2. The van der Waals surface area contributed by atoms with E-state index in [2.05, 4.69) is 16.4 Å². The van der Waals surface area contributed by atoms with E-state index in [1.807, 2.05) is 30.5 Å². The van der Waals surface area contributed by atoms with E-state index in [-0.39, 0.29) is 5.91 Å². The summed E-state index contributed by atoms with van der Waals surface area (Å²) in [5, 5.41) is 5.95. The fourth-order valence-corrected chi connectivity index (χ4v) is 3.91. The lowest BCUT2D eigenvalue weighted by Gasteiger charge is -2.03. The molecule has 4 nitrogen and oxygen atoms in total. The fraction of sp³-hybridized carbons (Fsp3) is 0.250. The number of rotatable bonds is 6. The molecule has 1 N–H and O–H groups in total. The van der Waals surface area contributed by atoms with Gasteiger partial charge in [-0.1, -0.05) is 6.07 Å². The smallest absolute Gasteiger partial charge is 0.220 e. The largest absolute Gasteiger partial charge is 0.467 e. The molecule has 0 aliphatic carbocycles. The lowest BCUT2D eigenvalue weighted by molar-refractivity contribution is -0.121. The van der Waals surface area contributed by atoms with E-state index in [4.69, 9.17) is 4.42 Å². The number of hydrogen-bond donors (Lipinski definition) is 1. The zero-order valence-corrected chi connectivity index (χ0v) is 13.8. The van der Waals surface area contributed by atoms with Crippen LogP contribution in [-0.4, -0.2) is 10.9 Å². The molecule has 0 atom stereocenters. The third-order valence-electron chi connectivity index (χ3n) is 3.18. The van der Waals surface area contributed by atoms with Gasteiger partial charge in [0.25, 0.3) is 0 Å². The number of thiophene rings is 1. The maximum absolute atomic E-state index is 12.0. The molecule has 3 aromatic heterocycles. The second kappa shape index (κ2) is 6.89. The Morgan fingerprint density at radius 2 is 2.27 bits per heavy atom. The number of nitrogens with zero attached hydrogens (tertiary/aromatic N) is 1. The van der Waals surface area contributed by atoms with Gasteiger partial charge in [0.2, 0.25) is 5.91 Å². The average molecular weight is 332 g/mol. The molecule has 0 aliphatic rings. The minimum absolute atomic E-state index is 0.0274. The third kappa shape index (κ3) is 3.64. The van der Waals surface area contributed by atoms with Gasteiger partial charge in [-0.05, 0) is 36.9 Å². The number of hydrogen-bond acceptors (Lipinski definition) is 5. The van der Waals surface area contributed by atoms with E-state index in [0.29, 0.717) is 19.4 Å². The average Bonchev–Trinajstić information content (AvgIpc) is 3.24. The Bertz CT molecular complexity index is 730. The number of amides is 1. The summed E-state index contributed by atoms with van der Waals surface area (Å²) >= 11 is 3.34. The topological polar surface area (TPSA) is 55.1 Å². The van der Waals surface area contributed by atoms with E-state index >= 15 is 0 Å². The predicted molar refractivity (Wildman–Crippen MR) is 89.0 cm³/mol. The summed E-state index contributed by atoms with van der Waals surface area (Å²) in [6, 6.07) is 7.75. The van der Waals surface area contributed by atoms with Crippen molar-refractivity contribution in [3.05, 3.63) is 51.6 Å². The van der Waals surface area contributed by atoms with Gasteiger partial charge in [0, 0.05) is 11.3 Å². The van der Waals surface area contributed by atoms with Crippen molar-refractivity contribution >= 4 is 28.6 Å². The monoisotopic (exact) mass is 332 g/mol. The predicted octanol–water partition coefficient (Wildman–Crippen LogP) is 4.02. The number of thiazole rings is 1. The Morgan fingerprint density at radius 1 is 1.36 bits per heavy atom. The van der Waals surface area contributed by atoms with E-state index in [9.17, 15) is 4.79 Å². The van der Waals surface area contributed by atoms with Gasteiger partial charge in [0.1, 0.15) is 5.76 Å². The summed E-state index contributed by atoms with van der Waals surface area (Å²) in [7, 11) is 0. The van der Waals surface area contributed by atoms with Crippen molar-refractivity contribution < 1.29 is 9.21 Å². The molecule has 0 aliphatic heterocycles. The molecule has 0 fully saturated rings. The highest BCUT2D eigenvalue weighted by molar-refractivity contribution is 7.15. The summed E-state index contributed by atoms with van der Waals surface area (Å²) in [6.45, 7) is 2.44. The van der Waals surface area contributed by atoms with E-state index in [0.717, 1.165) is 21.3 Å². The Balaban J connectivity index is 1.58. The number of furan rings is 1. The van der Waals surface area contributed by atoms with Crippen LogP contribution in [0.1, 0.15) is 22.1 Å². The number of carbonyl (C=O) groups excluding carboxylic acids is 1. The molecule has 0 aromatic carbocycles. The molecule has 0 bridgehead atoms. The molecule has 0 spiro atoms. The molecule has 0 saturated carbocycles. The van der Waals surface area contributed by atoms with Crippen LogP contribution in [0.5, 0.6) is 0 Å². The maximum Gasteiger partial charge on any atom is 0.220 e. The molecule has 0 unspecified atom stereocenters. The van der Waals surface area contributed by atoms with Crippen LogP contribution in [0, 0.1) is 6.92 Å². The number of carbonyl (C=O) groups is 1. The molecule has 1 amide bonds. The first-order chi connectivity index (χ1) is 10.7. The van der Waals surface area contributed by atoms with Gasteiger partial charge in [-0.15, -0.1) is 22.7 Å². The molecule has 3 aromatic rings. The van der Waals surface area contributed by atoms with Crippen LogP contribution < -0.4 is 5.32 Å². The molecule has 0 saturated heterocycles. The molecule has 3 heterocycles. The lowest BCUT2D eigenvalue weighted by atomic mass is 10.2. The second-order valence-electron chi connectivity index (χ2n) is 4.84. The van der Waals surface area contributed by atoms with Crippen molar-refractivity contribution in [2.24, 2.45) is 0 Å². The molecule has 0 radical (unpaired) electrons. The van der Waals surface area contributed by atoms with Crippen molar-refractivity contribution in [3.63, 3.8) is 0 Å². The zero-order valence-electron chi connectivity index (χ0n) is 12.2. The number of aryl methyl sites for hydroxylation is 2. The zero-order chi connectivity index (χ0) is 15.4. The van der Waals surface area contributed by atoms with E-state index in [1.54, 1.807) is 28.9 Å². The van der Waals surface area contributed by atoms with Crippen molar-refractivity contribution in [1.82, 2.24) is 10.3 Å². The van der Waals surface area contributed by atoms with Crippen LogP contribution >= 0.6 is 22.7 Å². The van der Waals surface area contributed by atoms with Crippen LogP contribution in [0.25, 0.3) is 10.6 Å². The first-order valence-electron chi connectivity index (χ1n) is 7.01. The van der Waals surface area contributed by atoms with E-state index < -0.39 is 0 Å². The Hall–Kier alpha value is -1.92. The first kappa shape index (κ1) is 15.0. The van der Waals surface area contributed by atoms with Crippen LogP contribution in [0.4, 0.5) is 0 Å². The van der Waals surface area contributed by atoms with Crippen LogP contribution in [0.15, 0.2) is 40.3 Å². The van der Waals surface area contributed by atoms with Crippen LogP contribution in [-0.2, 0) is 17.8 Å². The van der Waals surface area contributed by atoms with Gasteiger partial charge in [0.05, 0.1) is 28.4 Å². The van der Waals surface area contributed by atoms with Gasteiger partial charge in [-0.3, -0.25) is 4.79 Å². The standard InChI is InChI=1S/C16H16N2O2S2/c1-11-18-16(13-5-3-9-21-13)14(22-11)6-7-15(19)17-10-12-4-2-8-20-12/h2-5,8-9H,6-7,10H2,1H3,(H,17,19). The van der Waals surface area contributed by atoms with Gasteiger partial charge >= 0.3 is 0 Å². The molecule has 3 rings (SSSR count). The Labute approximate surface area is 136 Å². The van der Waals surface area contributed by atoms with Crippen molar-refractivity contribution in [1.29, 1.82) is 0 Å². The summed E-state index contributed by atoms with van der Waals surface area (Å²) in [4.78, 5) is 18.9. The van der Waals surface area contributed by atoms with Crippen molar-refractivity contribution in [2.75, 3.05) is 0 Å². The molecule has 22 heavy (non-hydrogen) atoms. The van der Waals surface area contributed by atoms with Gasteiger partial charge in [-0.2, -0.15) is 0 Å². The second-order valence-corrected chi connectivity index (χ2v) is 7.07. The summed E-state index contributed by atoms with van der Waals surface area (Å²) in [6.07, 6.45) is 2.78. The fourth-order valence-electron chi connectivity index (χ4n) is 2.16. The Morgan fingerprint density at radius 3 is 3.00 bits per heavy atom. The van der Waals surface area contributed by atoms with E-state index in [1.165, 1.54) is 4.88 Å². The molecular weight excluding hydrogens is 316 g/mol. The summed E-state index contributed by atoms with van der Waals surface area (Å²) in [5.74, 6) is 0.792. The molecule has 6 heteroatoms. The minimum Gasteiger partial charge on any atom is -0.467 e. The van der Waals surface area contributed by atoms with Crippen LogP contribution in [0.2, 0.25) is 0 Å². The Kier molecular flexibility index (Phi) is 4.70. The highest BCUT2D eigenvalue weighted by Gasteiger charge is 2.13. The number of aromatic nitrogens is 1. The van der Waals surface area contributed by atoms with Gasteiger partial charge in [0.15, 0.2) is 0 Å². The van der Waals surface area contributed by atoms with Gasteiger partial charge in [-0.25, -0.2) is 4.98 Å². The first-order valence-corrected chi connectivity index (χ1v) is 8.71. The van der Waals surface area contributed by atoms with Crippen LogP contribution in [0.3, 0.4) is 0 Å². The molecule has 114 valence electrons. The normalized spacial score (nSPS) is 10.8. The van der Waals surface area contributed by atoms with Crippen molar-refractivity contribution in [2.45, 2.75) is 26.3 Å².